The number of nitrogen functional groups attached to an aromatic ring is 3. The first-order chi connectivity index (χ1) is 59.5. The molecule has 2 saturated heterocycles. The molecule has 636 valence electrons. The fourth-order valence-corrected chi connectivity index (χ4v) is 13.2. The van der Waals surface area contributed by atoms with Crippen LogP contribution in [0.2, 0.25) is 10.4 Å². The summed E-state index contributed by atoms with van der Waals surface area (Å²) in [4.78, 5) is 95.1. The fraction of sp³-hybridized carbons (Fsp3) is 0.190. The lowest BCUT2D eigenvalue weighted by atomic mass is 10.1. The third-order valence-corrected chi connectivity index (χ3v) is 19.4. The summed E-state index contributed by atoms with van der Waals surface area (Å²) in [5.41, 5.74) is 27.9. The molecule has 3 amide bonds. The predicted octanol–water partition coefficient (Wildman–Crippen LogP) is 17.9. The molecular formula is C84H74BrCl2F8IN20O7. The number of hydrogen-bond acceptors (Lipinski definition) is 21. The third-order valence-electron chi connectivity index (χ3n) is 18.4. The van der Waals surface area contributed by atoms with Crippen LogP contribution in [0.5, 0.6) is 0 Å². The molecule has 0 bridgehead atoms. The van der Waals surface area contributed by atoms with Gasteiger partial charge in [-0.3, -0.25) is 49.6 Å². The highest BCUT2D eigenvalue weighted by Crippen LogP contribution is 2.34. The zero-order chi connectivity index (χ0) is 89.1. The lowest BCUT2D eigenvalue weighted by Crippen LogP contribution is -2.17. The van der Waals surface area contributed by atoms with E-state index in [0.717, 1.165) is 104 Å². The van der Waals surface area contributed by atoms with Gasteiger partial charge in [-0.1, -0.05) is 119 Å². The van der Waals surface area contributed by atoms with E-state index >= 15 is 0 Å². The van der Waals surface area contributed by atoms with E-state index in [4.69, 9.17) is 41.8 Å². The SMILES string of the molecule is Fc1cc2[nH]c(Cl)nc2nc1-c1ccc(N2CCCC2)cc1.Nc1cc(F)cnc1CCc1ccccc1.Nc1cc(F)cnc1N.O=C1Cc2nc(-c3ccc(N4CCCC4)cc3)c(F)cc2N1.O=C1Cc2nc(Br)c(F)cc2N1.O=C1Cc2ncc(F)cc2N1.O=[N+]([O-])c1cc(F)cnc1CCc1ccccc1.O=[N+]([O-])c1cc(F)cnc1Cl.[2H]CI. The van der Waals surface area contributed by atoms with Crippen molar-refractivity contribution in [2.24, 2.45) is 0 Å². The van der Waals surface area contributed by atoms with Crippen molar-refractivity contribution in [3.8, 4) is 22.5 Å². The quantitative estimate of drug-likeness (QED) is 0.0149. The van der Waals surface area contributed by atoms with Gasteiger partial charge in [-0.15, -0.1) is 0 Å². The van der Waals surface area contributed by atoms with Gasteiger partial charge >= 0.3 is 5.69 Å². The first kappa shape index (κ1) is 90.7. The number of nitrogens with two attached hydrogens (primary N) is 3. The maximum absolute atomic E-state index is 14.3. The number of halogens is 12. The number of H-pyrrole nitrogens is 1. The highest BCUT2D eigenvalue weighted by atomic mass is 127. The van der Waals surface area contributed by atoms with Crippen molar-refractivity contribution in [3.05, 3.63) is 310 Å². The molecule has 27 nitrogen and oxygen atoms in total. The minimum absolute atomic E-state index is 0.127. The lowest BCUT2D eigenvalue weighted by Gasteiger charge is -2.17. The Morgan fingerprint density at radius 1 is 0.480 bits per heavy atom. The molecule has 0 atom stereocenters. The lowest BCUT2D eigenvalue weighted by molar-refractivity contribution is -0.386. The second-order valence-corrected chi connectivity index (χ2v) is 28.4. The number of aromatic nitrogens is 10. The summed E-state index contributed by atoms with van der Waals surface area (Å²) in [6.45, 7) is 4.34. The smallest absolute Gasteiger partial charge is 0.309 e. The summed E-state index contributed by atoms with van der Waals surface area (Å²) in [6.07, 6.45) is 13.4. The molecule has 123 heavy (non-hydrogen) atoms. The van der Waals surface area contributed by atoms with E-state index in [1.807, 2.05) is 120 Å². The molecule has 4 aromatic carbocycles. The molecule has 9 aromatic heterocycles. The van der Waals surface area contributed by atoms with Gasteiger partial charge in [-0.2, -0.15) is 4.98 Å². The van der Waals surface area contributed by atoms with Crippen LogP contribution in [0.25, 0.3) is 33.7 Å². The van der Waals surface area contributed by atoms with Crippen molar-refractivity contribution in [1.29, 1.82) is 0 Å². The van der Waals surface area contributed by atoms with Gasteiger partial charge in [0.05, 0.1) is 129 Å². The number of imidazole rings is 1. The van der Waals surface area contributed by atoms with Crippen molar-refractivity contribution < 1.29 is 60.7 Å². The van der Waals surface area contributed by atoms with E-state index in [9.17, 15) is 69.7 Å². The second-order valence-electron chi connectivity index (χ2n) is 27.0. The number of benzene rings is 4. The van der Waals surface area contributed by atoms with E-state index in [-0.39, 0.29) is 80.9 Å². The van der Waals surface area contributed by atoms with Gasteiger partial charge in [-0.25, -0.2) is 60.0 Å². The molecule has 13 aromatic rings. The number of anilines is 8. The average molecular weight is 1910 g/mol. The number of nitrogens with one attached hydrogen (secondary N) is 4. The summed E-state index contributed by atoms with van der Waals surface area (Å²) in [5.74, 6) is -4.25. The van der Waals surface area contributed by atoms with E-state index in [1.165, 1.54) is 79.2 Å². The van der Waals surface area contributed by atoms with Gasteiger partial charge in [0.15, 0.2) is 23.1 Å². The maximum Gasteiger partial charge on any atom is 0.309 e. The molecule has 39 heteroatoms. The number of alkyl halides is 1. The summed E-state index contributed by atoms with van der Waals surface area (Å²) in [5, 5.41) is 28.4. The minimum Gasteiger partial charge on any atom is -0.397 e. The van der Waals surface area contributed by atoms with E-state index in [1.54, 1.807) is 0 Å². The Labute approximate surface area is 730 Å². The van der Waals surface area contributed by atoms with Gasteiger partial charge < -0.3 is 47.9 Å². The normalized spacial score (nSPS) is 12.9. The number of fused-ring (bicyclic) bond motifs is 4. The summed E-state index contributed by atoms with van der Waals surface area (Å²) >= 11 is 16.0. The van der Waals surface area contributed by atoms with Crippen LogP contribution >= 0.6 is 61.7 Å². The van der Waals surface area contributed by atoms with Crippen LogP contribution in [0.3, 0.4) is 0 Å². The van der Waals surface area contributed by atoms with E-state index < -0.39 is 50.4 Å². The Bertz CT molecular complexity index is 5900. The number of amides is 3. The molecule has 0 radical (unpaired) electrons. The number of carbonyl (C=O) groups is 3. The highest BCUT2D eigenvalue weighted by Gasteiger charge is 2.26. The molecule has 0 unspecified atom stereocenters. The molecule has 2 fully saturated rings. The Hall–Kier alpha value is -13.0. The van der Waals surface area contributed by atoms with Crippen molar-refractivity contribution >= 4 is 148 Å². The van der Waals surface area contributed by atoms with Crippen LogP contribution in [0.1, 0.15) is 66.7 Å². The molecule has 0 spiro atoms. The van der Waals surface area contributed by atoms with E-state index in [0.29, 0.717) is 85.8 Å². The number of carbonyl (C=O) groups excluding carboxylic acids is 3. The number of aromatic amines is 1. The van der Waals surface area contributed by atoms with Gasteiger partial charge in [0.25, 0.3) is 5.69 Å². The Morgan fingerprint density at radius 2 is 0.894 bits per heavy atom. The molecule has 5 aliphatic rings. The Kier molecular flexibility index (Phi) is 32.8. The summed E-state index contributed by atoms with van der Waals surface area (Å²) < 4.78 is 110. The first-order valence-electron chi connectivity index (χ1n) is 37.9. The van der Waals surface area contributed by atoms with Crippen molar-refractivity contribution in [3.63, 3.8) is 0 Å². The van der Waals surface area contributed by atoms with Crippen LogP contribution < -0.4 is 43.0 Å². The highest BCUT2D eigenvalue weighted by molar-refractivity contribution is 14.1. The van der Waals surface area contributed by atoms with Crippen LogP contribution in [0.4, 0.5) is 92.1 Å². The number of pyridine rings is 8. The maximum atomic E-state index is 14.3. The van der Waals surface area contributed by atoms with E-state index in [2.05, 4.69) is 104 Å². The van der Waals surface area contributed by atoms with Crippen molar-refractivity contribution in [2.45, 2.75) is 70.6 Å². The number of nitrogens with zero attached hydrogens (tertiary/aromatic N) is 13. The molecule has 14 heterocycles. The molecular weight excluding hydrogens is 1830 g/mol. The number of hydrogen-bond donors (Lipinski definition) is 7. The molecule has 18 rings (SSSR count). The summed E-state index contributed by atoms with van der Waals surface area (Å²) in [7, 11) is 0. The third kappa shape index (κ3) is 26.7. The monoisotopic (exact) mass is 1900 g/mol. The van der Waals surface area contributed by atoms with Gasteiger partial charge in [0.1, 0.15) is 56.6 Å². The topological polar surface area (TPSA) is 390 Å². The van der Waals surface area contributed by atoms with Crippen molar-refractivity contribution in [2.75, 3.05) is 74.0 Å². The number of aryl methyl sites for hydroxylation is 4. The van der Waals surface area contributed by atoms with Crippen LogP contribution in [-0.2, 0) is 59.3 Å². The van der Waals surface area contributed by atoms with Gasteiger partial charge in [-0.05, 0) is 113 Å². The first-order valence-corrected chi connectivity index (χ1v) is 40.3. The van der Waals surface area contributed by atoms with Crippen molar-refractivity contribution in [1.82, 2.24) is 49.8 Å². The minimum atomic E-state index is -0.793. The van der Waals surface area contributed by atoms with Crippen LogP contribution in [0.15, 0.2) is 193 Å². The number of nitro groups is 2. The second kappa shape index (κ2) is 44.5. The van der Waals surface area contributed by atoms with Gasteiger partial charge in [0.2, 0.25) is 28.2 Å². The largest absolute Gasteiger partial charge is 0.397 e. The standard InChI is InChI=1S/C17H16FN3O.C16H14ClFN4.C13H11FN2O2.C13H13FN2.C7H4BrFN2O.C7H5FN2O.C5H2ClFN2O2.C5H6FN3.CH3I/c18-13-9-14-15(10-16(22)19-14)20-17(13)11-3-5-12(6-4-11)21-7-1-2-8-21;17-16-19-13-9-12(18)14(20-15(13)21-16)10-3-5-11(6-4-10)22-7-1-2-8-22;14-11-8-13(16(17)18)12(15-9-11)7-6-10-4-2-1-3-5-10;14-11-8-12(15)13(16-9-11)7-6-10-4-2-1-3-5-10;8-7-3(9)1-4-5(11-7)2-6(12)10-4;8-4-1-6-5(9-3-4)2-7(11)10-6;6-5-4(9(10)11)1-3(7)2-8-5;6-3-1-4(7)5(8)9-2-3;1-2/h3-6,9H,1-2,7-8,10H2,(H,19,22);3-6,9H,1-2,7-8H2,(H,19,20,21);1-5,8-9H,6-7H2;1-5,8-9H,6-7,15H2;1H,2H2,(H,10,12);1,3H,2H2,(H,10,11);1-2H;1-2H,7H2,(H2,8,9);1H3/i;;;;;;;;1D. The van der Waals surface area contributed by atoms with Crippen LogP contribution in [0, 0.1) is 66.8 Å². The molecule has 0 saturated carbocycles. The molecule has 0 aliphatic carbocycles. The van der Waals surface area contributed by atoms with Crippen LogP contribution in [-0.4, -0.2) is 108 Å². The van der Waals surface area contributed by atoms with Gasteiger partial charge in [0, 0.05) is 92.9 Å². The fourth-order valence-electron chi connectivity index (χ4n) is 12.5. The Morgan fingerprint density at radius 3 is 1.39 bits per heavy atom. The zero-order valence-electron chi connectivity index (χ0n) is 65.7. The average Bonchev–Trinajstić information content (AvgIpc) is 1.70. The Balaban J connectivity index is 0.000000150. The molecule has 10 N–H and O–H groups in total. The molecule has 5 aliphatic heterocycles. The predicted molar refractivity (Wildman–Crippen MR) is 466 cm³/mol. The number of rotatable bonds is 12. The summed E-state index contributed by atoms with van der Waals surface area (Å²) in [6, 6.07) is 44.7. The zero-order valence-corrected chi connectivity index (χ0v) is 69.9.